The van der Waals surface area contributed by atoms with Crippen LogP contribution in [0.15, 0.2) is 69.7 Å². The van der Waals surface area contributed by atoms with E-state index in [4.69, 9.17) is 0 Å². The Balaban J connectivity index is 1.52. The first kappa shape index (κ1) is 19.5. The Morgan fingerprint density at radius 3 is 1.55 bits per heavy atom. The third-order valence-electron chi connectivity index (χ3n) is 5.00. The first-order valence-corrected chi connectivity index (χ1v) is 13.0. The summed E-state index contributed by atoms with van der Waals surface area (Å²) in [5.74, 6) is 0. The summed E-state index contributed by atoms with van der Waals surface area (Å²) in [6.45, 7) is 0. The van der Waals surface area contributed by atoms with Crippen LogP contribution in [-0.4, -0.2) is 9.85 Å². The Labute approximate surface area is 196 Å². The van der Waals surface area contributed by atoms with Gasteiger partial charge in [0.1, 0.15) is 0 Å². The maximum Gasteiger partial charge on any atom is 0.270 e. The molecule has 0 fully saturated rings. The molecule has 1 aromatic heterocycles. The molecule has 0 radical (unpaired) electrons. The van der Waals surface area contributed by atoms with E-state index >= 15 is 0 Å². The van der Waals surface area contributed by atoms with Gasteiger partial charge in [0, 0.05) is 50.4 Å². The van der Waals surface area contributed by atoms with Gasteiger partial charge in [0.2, 0.25) is 0 Å². The molecule has 0 saturated heterocycles. The van der Waals surface area contributed by atoms with Crippen molar-refractivity contribution in [1.82, 2.24) is 0 Å². The lowest BCUT2D eigenvalue weighted by atomic mass is 10.1. The van der Waals surface area contributed by atoms with Crippen LogP contribution in [-0.2, 0) is 0 Å². The Kier molecular flexibility index (Phi) is 4.51. The number of thiophene rings is 1. The van der Waals surface area contributed by atoms with Gasteiger partial charge >= 0.3 is 0 Å². The van der Waals surface area contributed by atoms with E-state index in [2.05, 4.69) is 10.8 Å². The van der Waals surface area contributed by atoms with Crippen LogP contribution >= 0.6 is 58.4 Å². The normalized spacial score (nSPS) is 16.1. The second-order valence-corrected chi connectivity index (χ2v) is 12.4. The van der Waals surface area contributed by atoms with Crippen molar-refractivity contribution in [2.45, 2.75) is 9.79 Å². The maximum atomic E-state index is 11.4. The van der Waals surface area contributed by atoms with E-state index in [1.807, 2.05) is 0 Å². The predicted octanol–water partition coefficient (Wildman–Crippen LogP) is 7.77. The molecule has 1 aliphatic carbocycles. The zero-order chi connectivity index (χ0) is 21.3. The largest absolute Gasteiger partial charge is 0.270 e. The smallest absolute Gasteiger partial charge is 0.258 e. The summed E-state index contributed by atoms with van der Waals surface area (Å²) in [6.07, 6.45) is 0. The van der Waals surface area contributed by atoms with Crippen molar-refractivity contribution in [2.24, 2.45) is 0 Å². The topological polar surface area (TPSA) is 86.3 Å². The first-order chi connectivity index (χ1) is 15.0. The molecule has 3 heterocycles. The van der Waals surface area contributed by atoms with Crippen LogP contribution in [0.1, 0.15) is 11.1 Å². The summed E-state index contributed by atoms with van der Waals surface area (Å²) in [4.78, 5) is 24.5. The third kappa shape index (κ3) is 3.06. The molecule has 2 aliphatic heterocycles. The van der Waals surface area contributed by atoms with Crippen LogP contribution in [0, 0.1) is 20.2 Å². The average molecular weight is 501 g/mol. The molecule has 2 aromatic carbocycles. The summed E-state index contributed by atoms with van der Waals surface area (Å²) in [5.41, 5.74) is 4.09. The van der Waals surface area contributed by atoms with Crippen molar-refractivity contribution in [2.75, 3.05) is 0 Å². The van der Waals surface area contributed by atoms with Crippen molar-refractivity contribution in [3.63, 3.8) is 0 Å². The van der Waals surface area contributed by atoms with Crippen molar-refractivity contribution in [3.8, 4) is 11.1 Å². The van der Waals surface area contributed by atoms with Crippen LogP contribution in [0.3, 0.4) is 0 Å². The standard InChI is InChI=1S/C20H8N2O4S5/c23-21(24)9-1-3-11-12-4-2-10(22(25)26)6-14(12)17(13(11)5-9)18-30-19-20(31-18)29-16-8-27-7-15(16)28-19/h1-8H. The summed E-state index contributed by atoms with van der Waals surface area (Å²) in [6, 6.07) is 9.62. The van der Waals surface area contributed by atoms with Crippen molar-refractivity contribution in [1.29, 1.82) is 0 Å². The zero-order valence-corrected chi connectivity index (χ0v) is 19.3. The van der Waals surface area contributed by atoms with Crippen molar-refractivity contribution in [3.05, 3.63) is 91.2 Å². The molecular weight excluding hydrogens is 493 g/mol. The van der Waals surface area contributed by atoms with Crippen LogP contribution in [0.25, 0.3) is 16.7 Å². The van der Waals surface area contributed by atoms with Gasteiger partial charge < -0.3 is 0 Å². The van der Waals surface area contributed by atoms with Crippen LogP contribution in [0.2, 0.25) is 0 Å². The van der Waals surface area contributed by atoms with Gasteiger partial charge in [0.05, 0.1) is 22.6 Å². The Bertz CT molecular complexity index is 1310. The number of thioether (sulfide) groups is 4. The molecule has 0 amide bonds. The van der Waals surface area contributed by atoms with Gasteiger partial charge in [-0.15, -0.1) is 0 Å². The minimum atomic E-state index is -0.407. The van der Waals surface area contributed by atoms with E-state index in [0.29, 0.717) is 0 Å². The lowest BCUT2D eigenvalue weighted by Crippen LogP contribution is -1.91. The minimum absolute atomic E-state index is 0.00972. The molecule has 31 heavy (non-hydrogen) atoms. The second kappa shape index (κ2) is 7.17. The Hall–Kier alpha value is -2.18. The zero-order valence-electron chi connectivity index (χ0n) is 15.2. The van der Waals surface area contributed by atoms with Crippen molar-refractivity contribution >= 4 is 75.3 Å². The highest BCUT2D eigenvalue weighted by Gasteiger charge is 2.35. The van der Waals surface area contributed by atoms with E-state index in [1.54, 1.807) is 82.6 Å². The van der Waals surface area contributed by atoms with Crippen LogP contribution < -0.4 is 0 Å². The fourth-order valence-corrected chi connectivity index (χ4v) is 10.7. The molecule has 152 valence electrons. The number of non-ortho nitro benzene ring substituents is 2. The number of nitro groups is 2. The molecule has 6 nitrogen and oxygen atoms in total. The average Bonchev–Trinajstić information content (AvgIpc) is 3.44. The van der Waals surface area contributed by atoms with Crippen LogP contribution in [0.5, 0.6) is 0 Å². The second-order valence-electron chi connectivity index (χ2n) is 6.72. The molecular formula is C20H8N2O4S5. The number of fused-ring (bicyclic) bond motifs is 4. The number of hydrogen-bond acceptors (Lipinski definition) is 9. The van der Waals surface area contributed by atoms with Gasteiger partial charge in [-0.25, -0.2) is 0 Å². The number of nitrogens with zero attached hydrogens (tertiary/aromatic N) is 2. The molecule has 0 atom stereocenters. The molecule has 0 unspecified atom stereocenters. The summed E-state index contributed by atoms with van der Waals surface area (Å²) in [7, 11) is 0. The van der Waals surface area contributed by atoms with Crippen LogP contribution in [0.4, 0.5) is 11.4 Å². The number of benzene rings is 2. The highest BCUT2D eigenvalue weighted by atomic mass is 32.3. The van der Waals surface area contributed by atoms with Gasteiger partial charge in [0.15, 0.2) is 0 Å². The fourth-order valence-electron chi connectivity index (χ4n) is 3.66. The number of hydrogen-bond donors (Lipinski definition) is 0. The van der Waals surface area contributed by atoms with E-state index < -0.39 is 9.85 Å². The summed E-state index contributed by atoms with van der Waals surface area (Å²) >= 11 is 8.44. The minimum Gasteiger partial charge on any atom is -0.258 e. The maximum absolute atomic E-state index is 11.4. The monoisotopic (exact) mass is 500 g/mol. The van der Waals surface area contributed by atoms with E-state index in [0.717, 1.165) is 32.1 Å². The van der Waals surface area contributed by atoms with Crippen molar-refractivity contribution < 1.29 is 9.85 Å². The molecule has 0 saturated carbocycles. The molecule has 0 spiro atoms. The summed E-state index contributed by atoms with van der Waals surface area (Å²) in [5, 5.41) is 27.1. The summed E-state index contributed by atoms with van der Waals surface area (Å²) < 4.78 is 3.38. The van der Waals surface area contributed by atoms with E-state index in [-0.39, 0.29) is 11.4 Å². The van der Waals surface area contributed by atoms with E-state index in [1.165, 1.54) is 30.4 Å². The first-order valence-electron chi connectivity index (χ1n) is 8.84. The molecule has 0 N–H and O–H groups in total. The molecule has 3 aromatic rings. The predicted molar refractivity (Wildman–Crippen MR) is 129 cm³/mol. The fraction of sp³-hybridized carbons (Fsp3) is 0. The highest BCUT2D eigenvalue weighted by Crippen LogP contribution is 2.67. The van der Waals surface area contributed by atoms with Gasteiger partial charge in [-0.1, -0.05) is 47.0 Å². The van der Waals surface area contributed by atoms with E-state index in [9.17, 15) is 20.2 Å². The molecule has 0 bridgehead atoms. The van der Waals surface area contributed by atoms with Gasteiger partial charge in [-0.3, -0.25) is 20.2 Å². The Morgan fingerprint density at radius 1 is 0.613 bits per heavy atom. The SMILES string of the molecule is O=[N+]([O-])c1ccc2c(c1)C(=C1SC3=C(S1)Sc1cscc1S3)c1cc([N+](=O)[O-])ccc1-2. The third-order valence-corrected chi connectivity index (χ3v) is 11.6. The quantitative estimate of drug-likeness (QED) is 0.204. The number of nitro benzene ring substituents is 2. The molecule has 3 aliphatic rings. The number of rotatable bonds is 2. The molecule has 11 heteroatoms. The highest BCUT2D eigenvalue weighted by molar-refractivity contribution is 8.41. The lowest BCUT2D eigenvalue weighted by molar-refractivity contribution is -0.385. The Morgan fingerprint density at radius 2 is 1.10 bits per heavy atom. The molecule has 6 rings (SSSR count). The van der Waals surface area contributed by atoms with Gasteiger partial charge in [-0.2, -0.15) is 11.3 Å². The van der Waals surface area contributed by atoms with Gasteiger partial charge in [0.25, 0.3) is 11.4 Å². The van der Waals surface area contributed by atoms with Gasteiger partial charge in [-0.05, 0) is 34.4 Å². The lowest BCUT2D eigenvalue weighted by Gasteiger charge is -2.10.